The van der Waals surface area contributed by atoms with Gasteiger partial charge in [0.15, 0.2) is 0 Å². The molecule has 1 fully saturated rings. The van der Waals surface area contributed by atoms with Crippen LogP contribution in [0.1, 0.15) is 34.6 Å². The van der Waals surface area contributed by atoms with Gasteiger partial charge in [0.05, 0.1) is 18.2 Å². The molecule has 1 saturated carbocycles. The summed E-state index contributed by atoms with van der Waals surface area (Å²) in [5.74, 6) is 1.16. The molecule has 21 heavy (non-hydrogen) atoms. The van der Waals surface area contributed by atoms with E-state index in [0.29, 0.717) is 12.5 Å². The van der Waals surface area contributed by atoms with E-state index in [0.717, 1.165) is 11.4 Å². The second kappa shape index (κ2) is 5.92. The molecule has 1 amide bonds. The van der Waals surface area contributed by atoms with Gasteiger partial charge in [0.1, 0.15) is 5.75 Å². The Morgan fingerprint density at radius 2 is 2.00 bits per heavy atom. The Morgan fingerprint density at radius 3 is 2.62 bits per heavy atom. The average molecular weight is 287 g/mol. The van der Waals surface area contributed by atoms with Crippen molar-refractivity contribution in [3.63, 3.8) is 0 Å². The second-order valence-corrected chi connectivity index (χ2v) is 6.49. The monoisotopic (exact) mass is 287 g/mol. The molecule has 114 valence electrons. The van der Waals surface area contributed by atoms with Gasteiger partial charge in [-0.05, 0) is 44.2 Å². The Labute approximate surface area is 127 Å². The highest BCUT2D eigenvalue weighted by Crippen LogP contribution is 2.59. The zero-order valence-corrected chi connectivity index (χ0v) is 13.6. The maximum Gasteiger partial charge on any atom is 0.228 e. The molecular weight excluding hydrogens is 262 g/mol. The molecule has 2 atom stereocenters. The van der Waals surface area contributed by atoms with Crippen molar-refractivity contribution in [1.29, 1.82) is 0 Å². The van der Waals surface area contributed by atoms with Crippen LogP contribution in [0, 0.1) is 17.3 Å². The topological polar surface area (TPSA) is 38.3 Å². The predicted molar refractivity (Wildman–Crippen MR) is 86.4 cm³/mol. The van der Waals surface area contributed by atoms with Crippen molar-refractivity contribution in [2.75, 3.05) is 11.9 Å². The SMILES string of the molecule is CCOc1ccccc1NC(=O)[C@H]1[C@H](C=C(C)C)C1(C)C. The molecule has 1 aliphatic rings. The predicted octanol–water partition coefficient (Wildman–Crippen LogP) is 4.26. The van der Waals surface area contributed by atoms with E-state index in [2.05, 4.69) is 39.1 Å². The summed E-state index contributed by atoms with van der Waals surface area (Å²) in [4.78, 5) is 12.5. The number of hydrogen-bond donors (Lipinski definition) is 1. The molecular formula is C18H25NO2. The Hall–Kier alpha value is -1.77. The van der Waals surface area contributed by atoms with Crippen LogP contribution in [0.4, 0.5) is 5.69 Å². The lowest BCUT2D eigenvalue weighted by Crippen LogP contribution is -2.17. The fraction of sp³-hybridized carbons (Fsp3) is 0.500. The normalized spacial score (nSPS) is 22.3. The zero-order chi connectivity index (χ0) is 15.6. The van der Waals surface area contributed by atoms with Gasteiger partial charge in [0.2, 0.25) is 5.91 Å². The molecule has 0 spiro atoms. The Bertz CT molecular complexity index is 556. The smallest absolute Gasteiger partial charge is 0.228 e. The van der Waals surface area contributed by atoms with Gasteiger partial charge >= 0.3 is 0 Å². The van der Waals surface area contributed by atoms with Gasteiger partial charge in [-0.2, -0.15) is 0 Å². The Morgan fingerprint density at radius 1 is 1.33 bits per heavy atom. The van der Waals surface area contributed by atoms with Gasteiger partial charge < -0.3 is 10.1 Å². The number of anilines is 1. The highest BCUT2D eigenvalue weighted by atomic mass is 16.5. The van der Waals surface area contributed by atoms with E-state index < -0.39 is 0 Å². The molecule has 0 aromatic heterocycles. The lowest BCUT2D eigenvalue weighted by Gasteiger charge is -2.11. The average Bonchev–Trinajstić information content (AvgIpc) is 2.92. The van der Waals surface area contributed by atoms with E-state index in [4.69, 9.17) is 4.74 Å². The molecule has 0 bridgehead atoms. The first-order valence-electron chi connectivity index (χ1n) is 7.55. The number of para-hydroxylation sites is 2. The molecule has 0 aliphatic heterocycles. The largest absolute Gasteiger partial charge is 0.492 e. The number of carbonyl (C=O) groups is 1. The third kappa shape index (κ3) is 3.29. The summed E-state index contributed by atoms with van der Waals surface area (Å²) in [6.07, 6.45) is 2.21. The number of amides is 1. The van der Waals surface area contributed by atoms with Crippen molar-refractivity contribution in [2.24, 2.45) is 17.3 Å². The van der Waals surface area contributed by atoms with E-state index in [-0.39, 0.29) is 17.2 Å². The van der Waals surface area contributed by atoms with Crippen molar-refractivity contribution in [1.82, 2.24) is 0 Å². The summed E-state index contributed by atoms with van der Waals surface area (Å²) < 4.78 is 5.55. The molecule has 0 saturated heterocycles. The number of rotatable bonds is 5. The fourth-order valence-corrected chi connectivity index (χ4v) is 2.91. The van der Waals surface area contributed by atoms with Crippen molar-refractivity contribution in [2.45, 2.75) is 34.6 Å². The fourth-order valence-electron chi connectivity index (χ4n) is 2.91. The van der Waals surface area contributed by atoms with Crippen LogP contribution in [-0.2, 0) is 4.79 Å². The zero-order valence-electron chi connectivity index (χ0n) is 13.6. The number of allylic oxidation sites excluding steroid dienone is 2. The molecule has 1 N–H and O–H groups in total. The molecule has 3 nitrogen and oxygen atoms in total. The molecule has 2 rings (SSSR count). The summed E-state index contributed by atoms with van der Waals surface area (Å²) >= 11 is 0. The van der Waals surface area contributed by atoms with Crippen LogP contribution in [0.25, 0.3) is 0 Å². The van der Waals surface area contributed by atoms with Crippen molar-refractivity contribution in [3.05, 3.63) is 35.9 Å². The molecule has 0 radical (unpaired) electrons. The third-order valence-corrected chi connectivity index (χ3v) is 4.15. The summed E-state index contributed by atoms with van der Waals surface area (Å²) in [5, 5.41) is 3.02. The van der Waals surface area contributed by atoms with Gasteiger partial charge in [-0.1, -0.05) is 37.6 Å². The molecule has 3 heteroatoms. The maximum absolute atomic E-state index is 12.5. The Balaban J connectivity index is 2.11. The van der Waals surface area contributed by atoms with Gasteiger partial charge in [0, 0.05) is 0 Å². The lowest BCUT2D eigenvalue weighted by atomic mass is 10.1. The number of hydrogen-bond acceptors (Lipinski definition) is 2. The van der Waals surface area contributed by atoms with Gasteiger partial charge in [-0.15, -0.1) is 0 Å². The summed E-state index contributed by atoms with van der Waals surface area (Å²) in [5.41, 5.74) is 2.04. The van der Waals surface area contributed by atoms with Crippen LogP contribution in [0.15, 0.2) is 35.9 Å². The molecule has 0 unspecified atom stereocenters. The van der Waals surface area contributed by atoms with Crippen molar-refractivity contribution >= 4 is 11.6 Å². The minimum absolute atomic E-state index is 0.0297. The van der Waals surface area contributed by atoms with Crippen LogP contribution in [0.3, 0.4) is 0 Å². The second-order valence-electron chi connectivity index (χ2n) is 6.49. The number of ether oxygens (including phenoxy) is 1. The standard InChI is InChI=1S/C18H25NO2/c1-6-21-15-10-8-7-9-14(15)19-17(20)16-13(11-12(2)3)18(16,4)5/h7-11,13,16H,6H2,1-5H3,(H,19,20)/t13-,16+/m0/s1. The van der Waals surface area contributed by atoms with Crippen LogP contribution in [0.5, 0.6) is 5.75 Å². The van der Waals surface area contributed by atoms with Crippen LogP contribution in [0.2, 0.25) is 0 Å². The van der Waals surface area contributed by atoms with E-state index in [9.17, 15) is 4.79 Å². The van der Waals surface area contributed by atoms with Crippen LogP contribution < -0.4 is 10.1 Å². The molecule has 1 aromatic rings. The summed E-state index contributed by atoms with van der Waals surface area (Å²) in [7, 11) is 0. The van der Waals surface area contributed by atoms with E-state index >= 15 is 0 Å². The van der Waals surface area contributed by atoms with Crippen LogP contribution >= 0.6 is 0 Å². The maximum atomic E-state index is 12.5. The van der Waals surface area contributed by atoms with Crippen molar-refractivity contribution < 1.29 is 9.53 Å². The first-order chi connectivity index (χ1) is 9.87. The number of carbonyl (C=O) groups excluding carboxylic acids is 1. The highest BCUT2D eigenvalue weighted by molar-refractivity contribution is 5.96. The lowest BCUT2D eigenvalue weighted by molar-refractivity contribution is -0.118. The summed E-state index contributed by atoms with van der Waals surface area (Å²) in [6, 6.07) is 7.58. The van der Waals surface area contributed by atoms with E-state index in [1.165, 1.54) is 5.57 Å². The quantitative estimate of drug-likeness (QED) is 0.822. The molecule has 1 aromatic carbocycles. The number of nitrogens with one attached hydrogen (secondary N) is 1. The molecule has 1 aliphatic carbocycles. The van der Waals surface area contributed by atoms with Gasteiger partial charge in [0.25, 0.3) is 0 Å². The van der Waals surface area contributed by atoms with E-state index in [1.54, 1.807) is 0 Å². The van der Waals surface area contributed by atoms with Crippen molar-refractivity contribution in [3.8, 4) is 5.75 Å². The third-order valence-electron chi connectivity index (χ3n) is 4.15. The number of benzene rings is 1. The minimum atomic E-state index is 0.0297. The van der Waals surface area contributed by atoms with Crippen LogP contribution in [-0.4, -0.2) is 12.5 Å². The summed E-state index contributed by atoms with van der Waals surface area (Å²) in [6.45, 7) is 11.0. The Kier molecular flexibility index (Phi) is 4.40. The highest BCUT2D eigenvalue weighted by Gasteiger charge is 2.60. The van der Waals surface area contributed by atoms with E-state index in [1.807, 2.05) is 31.2 Å². The van der Waals surface area contributed by atoms with Gasteiger partial charge in [-0.3, -0.25) is 4.79 Å². The first kappa shape index (κ1) is 15.6. The minimum Gasteiger partial charge on any atom is -0.492 e. The molecule has 0 heterocycles. The first-order valence-corrected chi connectivity index (χ1v) is 7.55. The van der Waals surface area contributed by atoms with Gasteiger partial charge in [-0.25, -0.2) is 0 Å².